The summed E-state index contributed by atoms with van der Waals surface area (Å²) in [6, 6.07) is -0.712. The van der Waals surface area contributed by atoms with E-state index in [1.54, 1.807) is 6.92 Å². The molecule has 0 bridgehead atoms. The zero-order chi connectivity index (χ0) is 13.5. The Kier molecular flexibility index (Phi) is 7.39. The first kappa shape index (κ1) is 16.4. The van der Waals surface area contributed by atoms with Gasteiger partial charge in [-0.1, -0.05) is 19.8 Å². The molecule has 0 aromatic heterocycles. The first-order valence-electron chi connectivity index (χ1n) is 6.38. The van der Waals surface area contributed by atoms with Gasteiger partial charge in [0.05, 0.1) is 18.3 Å². The zero-order valence-electron chi connectivity index (χ0n) is 11.8. The molecule has 0 spiro atoms. The molecule has 0 rings (SSSR count). The summed E-state index contributed by atoms with van der Waals surface area (Å²) in [5.41, 5.74) is 5.48. The van der Waals surface area contributed by atoms with Crippen LogP contribution in [0.4, 0.5) is 0 Å². The van der Waals surface area contributed by atoms with Crippen molar-refractivity contribution in [3.8, 4) is 0 Å². The highest BCUT2D eigenvalue weighted by Crippen LogP contribution is 2.12. The van der Waals surface area contributed by atoms with Gasteiger partial charge in [-0.2, -0.15) is 0 Å². The standard InChI is InChI=1S/C13H27NO3/c1-6-7-8-9-16-12(15)11(14)10(2)17-13(3,4)5/h10-11H,6-9,14H2,1-5H3/t10?,11-/m0/s1. The van der Waals surface area contributed by atoms with E-state index in [1.807, 2.05) is 20.8 Å². The lowest BCUT2D eigenvalue weighted by molar-refractivity contribution is -0.152. The van der Waals surface area contributed by atoms with E-state index in [0.717, 1.165) is 19.3 Å². The highest BCUT2D eigenvalue weighted by Gasteiger charge is 2.26. The average Bonchev–Trinajstić information content (AvgIpc) is 2.20. The summed E-state index contributed by atoms with van der Waals surface area (Å²) in [6.07, 6.45) is 2.72. The van der Waals surface area contributed by atoms with Crippen LogP contribution in [0.1, 0.15) is 53.9 Å². The largest absolute Gasteiger partial charge is 0.464 e. The maximum absolute atomic E-state index is 11.6. The van der Waals surface area contributed by atoms with Gasteiger partial charge in [-0.15, -0.1) is 0 Å². The summed E-state index contributed by atoms with van der Waals surface area (Å²) < 4.78 is 10.7. The summed E-state index contributed by atoms with van der Waals surface area (Å²) in [6.45, 7) is 10.1. The van der Waals surface area contributed by atoms with Crippen molar-refractivity contribution >= 4 is 5.97 Å². The lowest BCUT2D eigenvalue weighted by atomic mass is 10.1. The maximum atomic E-state index is 11.6. The van der Waals surface area contributed by atoms with Crippen molar-refractivity contribution in [3.63, 3.8) is 0 Å². The summed E-state index contributed by atoms with van der Waals surface area (Å²) in [4.78, 5) is 11.6. The van der Waals surface area contributed by atoms with Crippen LogP contribution in [0.25, 0.3) is 0 Å². The molecule has 0 aromatic rings. The van der Waals surface area contributed by atoms with E-state index in [4.69, 9.17) is 15.2 Å². The number of hydrogen-bond donors (Lipinski definition) is 1. The third kappa shape index (κ3) is 8.16. The number of ether oxygens (including phenoxy) is 2. The number of carbonyl (C=O) groups is 1. The Morgan fingerprint density at radius 1 is 1.29 bits per heavy atom. The van der Waals surface area contributed by atoms with E-state index in [0.29, 0.717) is 6.61 Å². The molecule has 102 valence electrons. The lowest BCUT2D eigenvalue weighted by Gasteiger charge is -2.27. The van der Waals surface area contributed by atoms with E-state index in [-0.39, 0.29) is 17.7 Å². The molecule has 2 atom stereocenters. The molecule has 17 heavy (non-hydrogen) atoms. The molecule has 0 fully saturated rings. The number of rotatable bonds is 7. The van der Waals surface area contributed by atoms with Crippen LogP contribution in [0, 0.1) is 0 Å². The molecule has 0 aliphatic rings. The van der Waals surface area contributed by atoms with Crippen molar-refractivity contribution in [2.75, 3.05) is 6.61 Å². The Morgan fingerprint density at radius 2 is 1.88 bits per heavy atom. The van der Waals surface area contributed by atoms with Gasteiger partial charge in [-0.3, -0.25) is 4.79 Å². The SMILES string of the molecule is CCCCCOC(=O)[C@@H](N)C(C)OC(C)(C)C. The molecule has 0 saturated heterocycles. The topological polar surface area (TPSA) is 61.5 Å². The second kappa shape index (κ2) is 7.67. The van der Waals surface area contributed by atoms with Gasteiger partial charge >= 0.3 is 5.97 Å². The summed E-state index contributed by atoms with van der Waals surface area (Å²) >= 11 is 0. The van der Waals surface area contributed by atoms with E-state index < -0.39 is 6.04 Å². The van der Waals surface area contributed by atoms with Crippen molar-refractivity contribution < 1.29 is 14.3 Å². The Labute approximate surface area is 105 Å². The molecule has 2 N–H and O–H groups in total. The van der Waals surface area contributed by atoms with E-state index in [1.165, 1.54) is 0 Å². The number of hydrogen-bond acceptors (Lipinski definition) is 4. The van der Waals surface area contributed by atoms with Gasteiger partial charge in [-0.05, 0) is 34.1 Å². The summed E-state index contributed by atoms with van der Waals surface area (Å²) in [5.74, 6) is -0.377. The summed E-state index contributed by atoms with van der Waals surface area (Å²) in [5, 5.41) is 0. The quantitative estimate of drug-likeness (QED) is 0.552. The third-order valence-electron chi connectivity index (χ3n) is 2.31. The second-order valence-corrected chi connectivity index (χ2v) is 5.34. The van der Waals surface area contributed by atoms with Gasteiger partial charge in [0.25, 0.3) is 0 Å². The predicted octanol–water partition coefficient (Wildman–Crippen LogP) is 2.25. The van der Waals surface area contributed by atoms with E-state index in [2.05, 4.69) is 6.92 Å². The molecule has 0 aliphatic heterocycles. The number of unbranched alkanes of at least 4 members (excludes halogenated alkanes) is 2. The van der Waals surface area contributed by atoms with Gasteiger partial charge in [0.1, 0.15) is 6.04 Å². The number of carbonyl (C=O) groups excluding carboxylic acids is 1. The van der Waals surface area contributed by atoms with Crippen LogP contribution in [-0.4, -0.2) is 30.3 Å². The minimum Gasteiger partial charge on any atom is -0.464 e. The molecule has 0 aliphatic carbocycles. The van der Waals surface area contributed by atoms with Gasteiger partial charge in [0.15, 0.2) is 0 Å². The van der Waals surface area contributed by atoms with Crippen LogP contribution < -0.4 is 5.73 Å². The Hall–Kier alpha value is -0.610. The predicted molar refractivity (Wildman–Crippen MR) is 68.8 cm³/mol. The van der Waals surface area contributed by atoms with Gasteiger partial charge in [0.2, 0.25) is 0 Å². The van der Waals surface area contributed by atoms with Gasteiger partial charge < -0.3 is 15.2 Å². The number of esters is 1. The van der Waals surface area contributed by atoms with E-state index in [9.17, 15) is 4.79 Å². The molecule has 4 heteroatoms. The fraction of sp³-hybridized carbons (Fsp3) is 0.923. The first-order chi connectivity index (χ1) is 7.78. The fourth-order valence-corrected chi connectivity index (χ4v) is 1.44. The zero-order valence-corrected chi connectivity index (χ0v) is 11.8. The molecule has 0 aromatic carbocycles. The molecular formula is C13H27NO3. The van der Waals surface area contributed by atoms with Crippen LogP contribution >= 0.6 is 0 Å². The monoisotopic (exact) mass is 245 g/mol. The Morgan fingerprint density at radius 3 is 2.35 bits per heavy atom. The highest BCUT2D eigenvalue weighted by molar-refractivity contribution is 5.76. The molecule has 0 heterocycles. The van der Waals surface area contributed by atoms with Crippen LogP contribution in [-0.2, 0) is 14.3 Å². The van der Waals surface area contributed by atoms with Crippen molar-refractivity contribution in [2.45, 2.75) is 71.6 Å². The molecular weight excluding hydrogens is 218 g/mol. The second-order valence-electron chi connectivity index (χ2n) is 5.34. The lowest BCUT2D eigenvalue weighted by Crippen LogP contribution is -2.45. The van der Waals surface area contributed by atoms with Crippen LogP contribution in [0.5, 0.6) is 0 Å². The van der Waals surface area contributed by atoms with Crippen molar-refractivity contribution in [1.29, 1.82) is 0 Å². The Bertz CT molecular complexity index is 223. The minimum atomic E-state index is -0.712. The number of nitrogens with two attached hydrogens (primary N) is 1. The third-order valence-corrected chi connectivity index (χ3v) is 2.31. The van der Waals surface area contributed by atoms with Crippen molar-refractivity contribution in [3.05, 3.63) is 0 Å². The molecule has 4 nitrogen and oxygen atoms in total. The molecule has 0 radical (unpaired) electrons. The molecule has 0 saturated carbocycles. The summed E-state index contributed by atoms with van der Waals surface area (Å²) in [7, 11) is 0. The fourth-order valence-electron chi connectivity index (χ4n) is 1.44. The molecule has 1 unspecified atom stereocenters. The maximum Gasteiger partial charge on any atom is 0.325 e. The molecule has 0 amide bonds. The van der Waals surface area contributed by atoms with Crippen LogP contribution in [0.15, 0.2) is 0 Å². The Balaban J connectivity index is 3.95. The highest BCUT2D eigenvalue weighted by atomic mass is 16.5. The minimum absolute atomic E-state index is 0.306. The van der Waals surface area contributed by atoms with Crippen LogP contribution in [0.3, 0.4) is 0 Å². The van der Waals surface area contributed by atoms with Crippen molar-refractivity contribution in [1.82, 2.24) is 0 Å². The smallest absolute Gasteiger partial charge is 0.325 e. The van der Waals surface area contributed by atoms with E-state index >= 15 is 0 Å². The first-order valence-corrected chi connectivity index (χ1v) is 6.38. The van der Waals surface area contributed by atoms with Gasteiger partial charge in [0, 0.05) is 0 Å². The van der Waals surface area contributed by atoms with Crippen molar-refractivity contribution in [2.24, 2.45) is 5.73 Å². The average molecular weight is 245 g/mol. The normalized spacial score (nSPS) is 15.4. The van der Waals surface area contributed by atoms with Gasteiger partial charge in [-0.25, -0.2) is 0 Å². The van der Waals surface area contributed by atoms with Crippen LogP contribution in [0.2, 0.25) is 0 Å².